The van der Waals surface area contributed by atoms with Crippen molar-refractivity contribution >= 4 is 28.1 Å². The van der Waals surface area contributed by atoms with Gasteiger partial charge in [0.15, 0.2) is 6.23 Å². The van der Waals surface area contributed by atoms with Crippen molar-refractivity contribution in [1.29, 1.82) is 0 Å². The van der Waals surface area contributed by atoms with Crippen molar-refractivity contribution in [3.63, 3.8) is 0 Å². The van der Waals surface area contributed by atoms with Gasteiger partial charge in [0.05, 0.1) is 11.1 Å². The molecular formula is C23H21N5O5S. The van der Waals surface area contributed by atoms with E-state index in [1.54, 1.807) is 24.4 Å². The molecule has 34 heavy (non-hydrogen) atoms. The first kappa shape index (κ1) is 23.1. The van der Waals surface area contributed by atoms with Gasteiger partial charge in [0.25, 0.3) is 15.9 Å². The maximum Gasteiger partial charge on any atom is 0.276 e. The predicted molar refractivity (Wildman–Crippen MR) is 125 cm³/mol. The summed E-state index contributed by atoms with van der Waals surface area (Å²) in [6.07, 6.45) is 6.08. The van der Waals surface area contributed by atoms with Crippen LogP contribution in [0.15, 0.2) is 88.6 Å². The molecule has 11 heteroatoms. The lowest BCUT2D eigenvalue weighted by atomic mass is 10.1. The summed E-state index contributed by atoms with van der Waals surface area (Å²) < 4.78 is 32.8. The molecule has 0 saturated heterocycles. The molecule has 1 aromatic heterocycles. The Morgan fingerprint density at radius 2 is 1.79 bits per heavy atom. The van der Waals surface area contributed by atoms with Crippen LogP contribution in [0.4, 0.5) is 5.95 Å². The smallest absolute Gasteiger partial charge is 0.276 e. The number of anilines is 1. The normalized spacial score (nSPS) is 16.7. The number of phenols is 1. The Labute approximate surface area is 196 Å². The summed E-state index contributed by atoms with van der Waals surface area (Å²) in [4.78, 5) is 20.6. The molecule has 0 aliphatic carbocycles. The Kier molecular flexibility index (Phi) is 6.66. The van der Waals surface area contributed by atoms with Crippen LogP contribution in [-0.2, 0) is 21.2 Å². The maximum atomic E-state index is 12.8. The number of rotatable bonds is 7. The second kappa shape index (κ2) is 9.81. The van der Waals surface area contributed by atoms with Crippen LogP contribution in [0.5, 0.6) is 5.75 Å². The van der Waals surface area contributed by atoms with Crippen molar-refractivity contribution in [2.75, 3.05) is 11.8 Å². The largest absolute Gasteiger partial charge is 0.508 e. The molecule has 3 aromatic rings. The number of aromatic hydroxyl groups is 1. The van der Waals surface area contributed by atoms with Crippen LogP contribution in [0.25, 0.3) is 0 Å². The van der Waals surface area contributed by atoms with Gasteiger partial charge in [0, 0.05) is 30.6 Å². The number of hydrazone groups is 1. The van der Waals surface area contributed by atoms with E-state index in [1.807, 2.05) is 6.08 Å². The number of hydrogen-bond donors (Lipinski definition) is 2. The number of carbonyl (C=O) groups excluding carboxylic acids is 1. The molecule has 1 atom stereocenters. The van der Waals surface area contributed by atoms with Crippen LogP contribution in [0.1, 0.15) is 15.9 Å². The standard InChI is InChI=1S/C23H21N5O5S/c1-33-22-18(15-26-28(22)21(30)17-7-9-19(29)10-8-17)6-3-16-4-11-20(12-5-16)34(31,32)27-23-24-13-2-14-25-23/h2,4-15,22,29H,3H2,1H3,(H,24,25,27)/b18-6+. The van der Waals surface area contributed by atoms with E-state index in [9.17, 15) is 18.3 Å². The first-order valence-electron chi connectivity index (χ1n) is 10.2. The van der Waals surface area contributed by atoms with Crippen LogP contribution in [0, 0.1) is 0 Å². The molecule has 0 fully saturated rings. The zero-order valence-corrected chi connectivity index (χ0v) is 18.9. The maximum absolute atomic E-state index is 12.8. The zero-order valence-electron chi connectivity index (χ0n) is 18.1. The first-order chi connectivity index (χ1) is 16.4. The van der Waals surface area contributed by atoms with E-state index in [1.165, 1.54) is 60.9 Å². The van der Waals surface area contributed by atoms with Crippen molar-refractivity contribution in [3.8, 4) is 5.75 Å². The Morgan fingerprint density at radius 1 is 1.12 bits per heavy atom. The van der Waals surface area contributed by atoms with Gasteiger partial charge in [-0.3, -0.25) is 4.79 Å². The summed E-state index contributed by atoms with van der Waals surface area (Å²) in [5.74, 6) is -0.307. The number of carbonyl (C=O) groups is 1. The lowest BCUT2D eigenvalue weighted by molar-refractivity contribution is 0.0103. The summed E-state index contributed by atoms with van der Waals surface area (Å²) in [5, 5.41) is 14.8. The molecule has 0 spiro atoms. The van der Waals surface area contributed by atoms with Crippen LogP contribution >= 0.6 is 0 Å². The van der Waals surface area contributed by atoms with Crippen LogP contribution in [0.2, 0.25) is 0 Å². The number of ether oxygens (including phenoxy) is 1. The van der Waals surface area contributed by atoms with E-state index in [0.29, 0.717) is 17.6 Å². The van der Waals surface area contributed by atoms with Crippen LogP contribution in [-0.4, -0.2) is 54.0 Å². The molecule has 4 rings (SSSR count). The predicted octanol–water partition coefficient (Wildman–Crippen LogP) is 2.57. The van der Waals surface area contributed by atoms with Crippen LogP contribution in [0.3, 0.4) is 0 Å². The van der Waals surface area contributed by atoms with Crippen molar-refractivity contribution in [1.82, 2.24) is 15.0 Å². The second-order valence-corrected chi connectivity index (χ2v) is 8.94. The molecule has 2 aromatic carbocycles. The topological polar surface area (TPSA) is 134 Å². The first-order valence-corrected chi connectivity index (χ1v) is 11.6. The van der Waals surface area contributed by atoms with Crippen molar-refractivity contribution < 1.29 is 23.1 Å². The molecule has 1 aliphatic heterocycles. The SMILES string of the molecule is COC1/C(=C/Cc2ccc(S(=O)(=O)Nc3ncccn3)cc2)C=NN1C(=O)c1ccc(O)cc1. The third-order valence-electron chi connectivity index (χ3n) is 4.98. The lowest BCUT2D eigenvalue weighted by Gasteiger charge is -2.21. The highest BCUT2D eigenvalue weighted by Crippen LogP contribution is 2.22. The van der Waals surface area contributed by atoms with Gasteiger partial charge in [0.2, 0.25) is 5.95 Å². The fourth-order valence-corrected chi connectivity index (χ4v) is 4.21. The van der Waals surface area contributed by atoms with Gasteiger partial charge in [-0.05, 0) is 54.4 Å². The van der Waals surface area contributed by atoms with E-state index in [2.05, 4.69) is 19.8 Å². The third kappa shape index (κ3) is 5.11. The Morgan fingerprint density at radius 3 is 2.44 bits per heavy atom. The number of sulfonamides is 1. The molecule has 0 radical (unpaired) electrons. The number of nitrogens with one attached hydrogen (secondary N) is 1. The molecule has 174 valence electrons. The Balaban J connectivity index is 1.43. The quantitative estimate of drug-likeness (QED) is 0.532. The summed E-state index contributed by atoms with van der Waals surface area (Å²) >= 11 is 0. The number of amides is 1. The molecule has 2 heterocycles. The van der Waals surface area contributed by atoms with Gasteiger partial charge < -0.3 is 9.84 Å². The second-order valence-electron chi connectivity index (χ2n) is 7.26. The number of methoxy groups -OCH3 is 1. The van der Waals surface area contributed by atoms with Crippen molar-refractivity contribution in [3.05, 3.63) is 89.8 Å². The van der Waals surface area contributed by atoms with Gasteiger partial charge in [0.1, 0.15) is 5.75 Å². The average molecular weight is 480 g/mol. The molecule has 2 N–H and O–H groups in total. The number of phenolic OH excluding ortho intramolecular Hbond substituents is 1. The number of allylic oxidation sites excluding steroid dienone is 1. The van der Waals surface area contributed by atoms with E-state index in [0.717, 1.165) is 5.56 Å². The lowest BCUT2D eigenvalue weighted by Crippen LogP contribution is -2.35. The van der Waals surface area contributed by atoms with Crippen LogP contribution < -0.4 is 4.72 Å². The summed E-state index contributed by atoms with van der Waals surface area (Å²) in [7, 11) is -2.33. The highest BCUT2D eigenvalue weighted by Gasteiger charge is 2.31. The number of benzene rings is 2. The molecular weight excluding hydrogens is 458 g/mol. The molecule has 0 saturated carbocycles. The Bertz CT molecular complexity index is 1320. The number of hydrogen-bond acceptors (Lipinski definition) is 8. The minimum atomic E-state index is -3.81. The van der Waals surface area contributed by atoms with E-state index in [-0.39, 0.29) is 22.5 Å². The van der Waals surface area contributed by atoms with E-state index >= 15 is 0 Å². The summed E-state index contributed by atoms with van der Waals surface area (Å²) in [6, 6.07) is 13.9. The van der Waals surface area contributed by atoms with Gasteiger partial charge >= 0.3 is 0 Å². The zero-order chi connectivity index (χ0) is 24.1. The number of nitrogens with zero attached hydrogens (tertiary/aromatic N) is 4. The molecule has 10 nitrogen and oxygen atoms in total. The highest BCUT2D eigenvalue weighted by molar-refractivity contribution is 7.92. The van der Waals surface area contributed by atoms with Gasteiger partial charge in [-0.15, -0.1) is 0 Å². The van der Waals surface area contributed by atoms with Gasteiger partial charge in [-0.2, -0.15) is 10.1 Å². The average Bonchev–Trinajstić information content (AvgIpc) is 3.26. The van der Waals surface area contributed by atoms with Gasteiger partial charge in [-0.1, -0.05) is 18.2 Å². The van der Waals surface area contributed by atoms with Crippen molar-refractivity contribution in [2.45, 2.75) is 17.5 Å². The highest BCUT2D eigenvalue weighted by atomic mass is 32.2. The molecule has 0 bridgehead atoms. The van der Waals surface area contributed by atoms with Gasteiger partial charge in [-0.25, -0.2) is 23.1 Å². The third-order valence-corrected chi connectivity index (χ3v) is 6.33. The number of aromatic nitrogens is 2. The fraction of sp³-hybridized carbons (Fsp3) is 0.130. The molecule has 1 amide bonds. The van der Waals surface area contributed by atoms with E-state index < -0.39 is 16.3 Å². The monoisotopic (exact) mass is 479 g/mol. The molecule has 1 unspecified atom stereocenters. The minimum absolute atomic E-state index is 0.00570. The van der Waals surface area contributed by atoms with E-state index in [4.69, 9.17) is 4.74 Å². The molecule has 1 aliphatic rings. The van der Waals surface area contributed by atoms with Crippen molar-refractivity contribution in [2.24, 2.45) is 5.10 Å². The summed E-state index contributed by atoms with van der Waals surface area (Å²) in [6.45, 7) is 0. The Hall–Kier alpha value is -4.09. The minimum Gasteiger partial charge on any atom is -0.508 e. The summed E-state index contributed by atoms with van der Waals surface area (Å²) in [5.41, 5.74) is 1.91. The fourth-order valence-electron chi connectivity index (χ4n) is 3.25.